The number of rotatable bonds is 7. The molecule has 0 saturated heterocycles. The van der Waals surface area contributed by atoms with E-state index < -0.39 is 10.0 Å². The summed E-state index contributed by atoms with van der Waals surface area (Å²) < 4.78 is 40.5. The first-order valence-corrected chi connectivity index (χ1v) is 10.9. The fourth-order valence-electron chi connectivity index (χ4n) is 3.33. The Balaban J connectivity index is 0.00000320. The number of sulfonamides is 1. The molecule has 2 aromatic rings. The zero-order valence-electron chi connectivity index (χ0n) is 17.4. The number of benzene rings is 2. The number of hydrogen-bond acceptors (Lipinski definition) is 3. The van der Waals surface area contributed by atoms with Gasteiger partial charge < -0.3 is 10.6 Å². The predicted molar refractivity (Wildman–Crippen MR) is 128 cm³/mol. The number of hydrogen-bond donors (Lipinski definition) is 2. The van der Waals surface area contributed by atoms with Gasteiger partial charge in [-0.2, -0.15) is 0 Å². The lowest BCUT2D eigenvalue weighted by Gasteiger charge is -2.20. The molecule has 0 radical (unpaired) electrons. The Morgan fingerprint density at radius 1 is 1.10 bits per heavy atom. The van der Waals surface area contributed by atoms with E-state index in [-0.39, 0.29) is 40.1 Å². The Bertz CT molecular complexity index is 1010. The lowest BCUT2D eigenvalue weighted by molar-refractivity contribution is 0.519. The van der Waals surface area contributed by atoms with E-state index in [1.54, 1.807) is 37.4 Å². The standard InChI is InChI=1S/C21H27FN4O2S.HI/c1-23-20(25-15-21(12-13-21)17-9-5-6-10-18(17)22)24-14-16-8-4-7-11-19(16)29(27,28)26(2)3;/h4-11H,12-15H2,1-3H3,(H2,23,24,25);1H. The second-order valence-corrected chi connectivity index (χ2v) is 9.55. The van der Waals surface area contributed by atoms with Crippen molar-refractivity contribution in [1.29, 1.82) is 0 Å². The molecule has 0 aromatic heterocycles. The van der Waals surface area contributed by atoms with Crippen molar-refractivity contribution in [3.05, 3.63) is 65.5 Å². The first kappa shape index (κ1) is 24.5. The second kappa shape index (κ2) is 10.1. The van der Waals surface area contributed by atoms with E-state index in [1.165, 1.54) is 24.5 Å². The van der Waals surface area contributed by atoms with E-state index in [1.807, 2.05) is 12.1 Å². The summed E-state index contributed by atoms with van der Waals surface area (Å²) in [6.45, 7) is 0.862. The van der Waals surface area contributed by atoms with Crippen molar-refractivity contribution in [1.82, 2.24) is 14.9 Å². The summed E-state index contributed by atoms with van der Waals surface area (Å²) in [6.07, 6.45) is 1.84. The predicted octanol–water partition coefficient (Wildman–Crippen LogP) is 3.09. The molecule has 1 fully saturated rings. The molecule has 9 heteroatoms. The second-order valence-electron chi connectivity index (χ2n) is 7.43. The summed E-state index contributed by atoms with van der Waals surface area (Å²) in [7, 11) is 1.14. The van der Waals surface area contributed by atoms with Gasteiger partial charge >= 0.3 is 0 Å². The minimum atomic E-state index is -3.54. The molecule has 2 N–H and O–H groups in total. The van der Waals surface area contributed by atoms with Gasteiger partial charge in [0.05, 0.1) is 4.90 Å². The van der Waals surface area contributed by atoms with Gasteiger partial charge in [-0.3, -0.25) is 4.99 Å². The van der Waals surface area contributed by atoms with Crippen LogP contribution in [0.15, 0.2) is 58.4 Å². The fraction of sp³-hybridized carbons (Fsp3) is 0.381. The van der Waals surface area contributed by atoms with Crippen LogP contribution in [0.25, 0.3) is 0 Å². The molecule has 0 aliphatic heterocycles. The molecule has 6 nitrogen and oxygen atoms in total. The first-order chi connectivity index (χ1) is 13.8. The van der Waals surface area contributed by atoms with Crippen LogP contribution in [0.1, 0.15) is 24.0 Å². The molecular weight excluding hydrogens is 518 g/mol. The summed E-state index contributed by atoms with van der Waals surface area (Å²) in [4.78, 5) is 4.48. The molecular formula is C21H28FIN4O2S. The van der Waals surface area contributed by atoms with Gasteiger partial charge in [-0.15, -0.1) is 24.0 Å². The Hall–Kier alpha value is -1.72. The lowest BCUT2D eigenvalue weighted by atomic mass is 9.95. The van der Waals surface area contributed by atoms with E-state index in [4.69, 9.17) is 0 Å². The highest BCUT2D eigenvalue weighted by atomic mass is 127. The third-order valence-electron chi connectivity index (χ3n) is 5.29. The van der Waals surface area contributed by atoms with Crippen molar-refractivity contribution in [2.45, 2.75) is 29.7 Å². The number of nitrogens with zero attached hydrogens (tertiary/aromatic N) is 2. The van der Waals surface area contributed by atoms with Gasteiger partial charge in [0.2, 0.25) is 10.0 Å². The fourth-order valence-corrected chi connectivity index (χ4v) is 4.45. The Morgan fingerprint density at radius 2 is 1.73 bits per heavy atom. The molecule has 0 unspecified atom stereocenters. The van der Waals surface area contributed by atoms with Gasteiger partial charge in [0.25, 0.3) is 0 Å². The molecule has 164 valence electrons. The summed E-state index contributed by atoms with van der Waals surface area (Å²) in [5.41, 5.74) is 1.17. The molecule has 1 saturated carbocycles. The quantitative estimate of drug-likeness (QED) is 0.318. The van der Waals surface area contributed by atoms with Crippen LogP contribution >= 0.6 is 24.0 Å². The van der Waals surface area contributed by atoms with E-state index >= 15 is 0 Å². The molecule has 30 heavy (non-hydrogen) atoms. The maximum absolute atomic E-state index is 14.2. The zero-order valence-corrected chi connectivity index (χ0v) is 20.5. The molecule has 0 atom stereocenters. The van der Waals surface area contributed by atoms with Crippen LogP contribution in [0, 0.1) is 5.82 Å². The van der Waals surface area contributed by atoms with Crippen molar-refractivity contribution in [2.75, 3.05) is 27.7 Å². The smallest absolute Gasteiger partial charge is 0.242 e. The highest BCUT2D eigenvalue weighted by Crippen LogP contribution is 2.48. The minimum absolute atomic E-state index is 0. The first-order valence-electron chi connectivity index (χ1n) is 9.50. The summed E-state index contributed by atoms with van der Waals surface area (Å²) in [5.74, 6) is 0.363. The topological polar surface area (TPSA) is 73.8 Å². The van der Waals surface area contributed by atoms with Gasteiger partial charge in [0.15, 0.2) is 5.96 Å². The van der Waals surface area contributed by atoms with Gasteiger partial charge in [-0.25, -0.2) is 17.1 Å². The largest absolute Gasteiger partial charge is 0.356 e. The van der Waals surface area contributed by atoms with Crippen LogP contribution in [-0.4, -0.2) is 46.4 Å². The maximum Gasteiger partial charge on any atom is 0.242 e. The van der Waals surface area contributed by atoms with Crippen molar-refractivity contribution in [3.8, 4) is 0 Å². The van der Waals surface area contributed by atoms with Gasteiger partial charge in [-0.1, -0.05) is 36.4 Å². The molecule has 0 heterocycles. The molecule has 0 bridgehead atoms. The van der Waals surface area contributed by atoms with Crippen LogP contribution in [0.3, 0.4) is 0 Å². The minimum Gasteiger partial charge on any atom is -0.356 e. The summed E-state index contributed by atoms with van der Waals surface area (Å²) in [6, 6.07) is 13.8. The van der Waals surface area contributed by atoms with Gasteiger partial charge in [-0.05, 0) is 36.1 Å². The average molecular weight is 546 g/mol. The zero-order chi connectivity index (χ0) is 21.1. The molecule has 1 aliphatic carbocycles. The molecule has 0 spiro atoms. The SMILES string of the molecule is CN=C(NCc1ccccc1S(=O)(=O)N(C)C)NCC1(c2ccccc2F)CC1.I. The maximum atomic E-state index is 14.2. The molecule has 3 rings (SSSR count). The van der Waals surface area contributed by atoms with Crippen molar-refractivity contribution in [2.24, 2.45) is 4.99 Å². The summed E-state index contributed by atoms with van der Waals surface area (Å²) in [5, 5.41) is 6.43. The third-order valence-corrected chi connectivity index (χ3v) is 7.21. The van der Waals surface area contributed by atoms with Crippen LogP contribution < -0.4 is 10.6 Å². The van der Waals surface area contributed by atoms with Gasteiger partial charge in [0, 0.05) is 39.6 Å². The monoisotopic (exact) mass is 546 g/mol. The number of aliphatic imine (C=N–C) groups is 1. The van der Waals surface area contributed by atoms with Crippen molar-refractivity contribution >= 4 is 40.0 Å². The van der Waals surface area contributed by atoms with Crippen LogP contribution in [-0.2, 0) is 22.0 Å². The number of nitrogens with one attached hydrogen (secondary N) is 2. The van der Waals surface area contributed by atoms with Crippen molar-refractivity contribution in [3.63, 3.8) is 0 Å². The Morgan fingerprint density at radius 3 is 2.33 bits per heavy atom. The molecule has 1 aliphatic rings. The van der Waals surface area contributed by atoms with Gasteiger partial charge in [0.1, 0.15) is 5.82 Å². The normalized spacial score (nSPS) is 15.4. The number of halogens is 2. The average Bonchev–Trinajstić information content (AvgIpc) is 3.49. The molecule has 2 aromatic carbocycles. The van der Waals surface area contributed by atoms with E-state index in [9.17, 15) is 12.8 Å². The highest BCUT2D eigenvalue weighted by molar-refractivity contribution is 14.0. The highest BCUT2D eigenvalue weighted by Gasteiger charge is 2.45. The van der Waals surface area contributed by atoms with Crippen LogP contribution in [0.2, 0.25) is 0 Å². The molecule has 0 amide bonds. The van der Waals surface area contributed by atoms with Crippen LogP contribution in [0.5, 0.6) is 0 Å². The summed E-state index contributed by atoms with van der Waals surface area (Å²) >= 11 is 0. The Kier molecular flexibility index (Phi) is 8.23. The van der Waals surface area contributed by atoms with E-state index in [2.05, 4.69) is 15.6 Å². The van der Waals surface area contributed by atoms with E-state index in [0.717, 1.165) is 18.4 Å². The number of guanidine groups is 1. The lowest BCUT2D eigenvalue weighted by Crippen LogP contribution is -2.41. The third kappa shape index (κ3) is 5.30. The van der Waals surface area contributed by atoms with Crippen LogP contribution in [0.4, 0.5) is 4.39 Å². The Labute approximate surface area is 195 Å². The van der Waals surface area contributed by atoms with E-state index in [0.29, 0.717) is 24.6 Å². The van der Waals surface area contributed by atoms with Crippen molar-refractivity contribution < 1.29 is 12.8 Å².